The van der Waals surface area contributed by atoms with Crippen molar-refractivity contribution in [3.05, 3.63) is 32.5 Å². The predicted molar refractivity (Wildman–Crippen MR) is 166 cm³/mol. The van der Waals surface area contributed by atoms with E-state index in [1.807, 2.05) is 17.5 Å². The summed E-state index contributed by atoms with van der Waals surface area (Å²) in [6.07, 6.45) is 5.20. The normalized spacial score (nSPS) is 26.6. The Hall–Kier alpha value is -2.71. The number of hydrogen-bond acceptors (Lipinski definition) is 8. The van der Waals surface area contributed by atoms with E-state index in [9.17, 15) is 19.7 Å². The summed E-state index contributed by atoms with van der Waals surface area (Å²) in [7, 11) is -0.575. The van der Waals surface area contributed by atoms with Gasteiger partial charge in [-0.15, -0.1) is 11.3 Å². The Morgan fingerprint density at radius 1 is 1.23 bits per heavy atom. The maximum absolute atomic E-state index is 13.7. The molecule has 1 aliphatic heterocycles. The van der Waals surface area contributed by atoms with Gasteiger partial charge >= 0.3 is 7.12 Å². The van der Waals surface area contributed by atoms with Gasteiger partial charge in [0.05, 0.1) is 17.6 Å². The Morgan fingerprint density at radius 3 is 2.65 bits per heavy atom. The fourth-order valence-corrected chi connectivity index (χ4v) is 7.92. The fourth-order valence-electron chi connectivity index (χ4n) is 7.16. The number of guanidine groups is 1. The second-order valence-electron chi connectivity index (χ2n) is 13.4. The lowest BCUT2D eigenvalue weighted by molar-refractivity contribution is -0.525. The van der Waals surface area contributed by atoms with Crippen molar-refractivity contribution < 1.29 is 23.9 Å². The van der Waals surface area contributed by atoms with Crippen LogP contribution in [0, 0.1) is 38.7 Å². The van der Waals surface area contributed by atoms with Crippen LogP contribution in [0.15, 0.2) is 17.5 Å². The van der Waals surface area contributed by atoms with E-state index in [0.29, 0.717) is 43.9 Å². The molecule has 4 fully saturated rings. The van der Waals surface area contributed by atoms with E-state index in [1.165, 1.54) is 4.88 Å². The first-order valence-electron chi connectivity index (χ1n) is 15.5. The third-order valence-corrected chi connectivity index (χ3v) is 10.5. The topological polar surface area (TPSA) is 168 Å². The van der Waals surface area contributed by atoms with Gasteiger partial charge in [-0.1, -0.05) is 39.2 Å². The third kappa shape index (κ3) is 8.07. The minimum Gasteiger partial charge on any atom is -0.404 e. The van der Waals surface area contributed by atoms with Gasteiger partial charge in [0.15, 0.2) is 5.03 Å². The average molecular weight is 619 g/mol. The highest BCUT2D eigenvalue weighted by Crippen LogP contribution is 2.65. The van der Waals surface area contributed by atoms with Crippen molar-refractivity contribution in [3.63, 3.8) is 0 Å². The molecule has 0 spiro atoms. The van der Waals surface area contributed by atoms with Gasteiger partial charge in [0.1, 0.15) is 6.04 Å². The molecule has 238 valence electrons. The van der Waals surface area contributed by atoms with Crippen LogP contribution in [-0.2, 0) is 25.3 Å². The third-order valence-electron chi connectivity index (χ3n) is 9.58. The standard InChI is InChI=1S/C29H47BN6O6S/c1-18(2)15-24(30-41-23-17-19-16-22(28(19,3)4)29(23,5)42-30)34-26(38)21(11-7-13-32-27(31)35-36(39)40)33-25(37)12-6-9-20-10-8-14-43-20/h8,10,14,18-19,21-24H,6-7,9,11-13,15-17H2,1-5H3,(H,33,37)(H,34,38)(H3,31,32,35)/t19-,21-,22-,23+,24-,29-/m0/s1. The van der Waals surface area contributed by atoms with Crippen LogP contribution in [-0.4, -0.2) is 60.2 Å². The molecule has 14 heteroatoms. The summed E-state index contributed by atoms with van der Waals surface area (Å²) in [6, 6.07) is 3.22. The summed E-state index contributed by atoms with van der Waals surface area (Å²) in [5.74, 6) is -0.0502. The molecule has 4 aliphatic rings. The molecule has 5 N–H and O–H groups in total. The van der Waals surface area contributed by atoms with Crippen LogP contribution in [0.25, 0.3) is 0 Å². The molecule has 0 unspecified atom stereocenters. The van der Waals surface area contributed by atoms with Crippen LogP contribution in [0.4, 0.5) is 0 Å². The number of hydrazine groups is 1. The number of nitrogens with zero attached hydrogens (tertiary/aromatic N) is 1. The van der Waals surface area contributed by atoms with Gasteiger partial charge < -0.3 is 25.3 Å². The summed E-state index contributed by atoms with van der Waals surface area (Å²) in [6.45, 7) is 11.2. The van der Waals surface area contributed by atoms with E-state index in [4.69, 9.17) is 14.7 Å². The van der Waals surface area contributed by atoms with Crippen LogP contribution >= 0.6 is 11.3 Å². The van der Waals surface area contributed by atoms with E-state index in [0.717, 1.165) is 19.3 Å². The highest BCUT2D eigenvalue weighted by molar-refractivity contribution is 7.09. The van der Waals surface area contributed by atoms with E-state index in [-0.39, 0.29) is 41.7 Å². The van der Waals surface area contributed by atoms with Gasteiger partial charge in [-0.2, -0.15) is 0 Å². The SMILES string of the molecule is CC(C)C[C@H](NC(=O)[C@H](CCCNC(=N)N[N+](=O)[O-])NC(=O)CCCc1cccs1)B1O[C@@H]2C[C@@H]3C[C@@H](C3(C)C)[C@]2(C)O1. The predicted octanol–water partition coefficient (Wildman–Crippen LogP) is 3.44. The van der Waals surface area contributed by atoms with Gasteiger partial charge in [-0.25, -0.2) is 10.1 Å². The molecule has 43 heavy (non-hydrogen) atoms. The molecular weight excluding hydrogens is 571 g/mol. The van der Waals surface area contributed by atoms with E-state index in [2.05, 4.69) is 50.6 Å². The van der Waals surface area contributed by atoms with Crippen LogP contribution in [0.5, 0.6) is 0 Å². The summed E-state index contributed by atoms with van der Waals surface area (Å²) in [5.41, 5.74) is 1.56. The Bertz CT molecular complexity index is 1150. The lowest BCUT2D eigenvalue weighted by atomic mass is 9.43. The van der Waals surface area contributed by atoms with Crippen molar-refractivity contribution >= 4 is 36.2 Å². The van der Waals surface area contributed by atoms with Gasteiger partial charge in [-0.05, 0) is 86.5 Å². The van der Waals surface area contributed by atoms with Gasteiger partial charge in [0.25, 0.3) is 5.96 Å². The van der Waals surface area contributed by atoms with Crippen molar-refractivity contribution in [2.24, 2.45) is 23.2 Å². The summed E-state index contributed by atoms with van der Waals surface area (Å²) >= 11 is 1.65. The van der Waals surface area contributed by atoms with Crippen LogP contribution in [0.2, 0.25) is 0 Å². The lowest BCUT2D eigenvalue weighted by Gasteiger charge is -2.64. The Labute approximate surface area is 258 Å². The number of rotatable bonds is 15. The number of thiophene rings is 1. The molecule has 2 amide bonds. The zero-order chi connectivity index (χ0) is 31.4. The zero-order valence-corrected chi connectivity index (χ0v) is 26.8. The molecular formula is C29H47BN6O6S. The molecule has 12 nitrogen and oxygen atoms in total. The lowest BCUT2D eigenvalue weighted by Crippen LogP contribution is -2.65. The molecule has 5 rings (SSSR count). The maximum atomic E-state index is 13.7. The Kier molecular flexibility index (Phi) is 10.8. The number of carbonyl (C=O) groups is 2. The minimum absolute atomic E-state index is 0.00569. The molecule has 6 atom stereocenters. The van der Waals surface area contributed by atoms with E-state index < -0.39 is 29.8 Å². The highest BCUT2D eigenvalue weighted by Gasteiger charge is 2.68. The van der Waals surface area contributed by atoms with Gasteiger partial charge in [0, 0.05) is 17.8 Å². The molecule has 0 aromatic carbocycles. The molecule has 3 aliphatic carbocycles. The van der Waals surface area contributed by atoms with Gasteiger partial charge in [-0.3, -0.25) is 15.0 Å². The number of nitrogens with one attached hydrogen (secondary N) is 5. The second kappa shape index (κ2) is 13.9. The molecule has 0 radical (unpaired) electrons. The van der Waals surface area contributed by atoms with Crippen LogP contribution in [0.1, 0.15) is 84.4 Å². The average Bonchev–Trinajstić information content (AvgIpc) is 3.56. The Morgan fingerprint density at radius 2 is 2.00 bits per heavy atom. The van der Waals surface area contributed by atoms with Crippen LogP contribution in [0.3, 0.4) is 0 Å². The van der Waals surface area contributed by atoms with Crippen molar-refractivity contribution in [3.8, 4) is 0 Å². The number of amides is 2. The molecule has 1 aromatic heterocycles. The first-order chi connectivity index (χ1) is 20.3. The first kappa shape index (κ1) is 33.2. The zero-order valence-electron chi connectivity index (χ0n) is 25.9. The second-order valence-corrected chi connectivity index (χ2v) is 14.5. The number of carbonyl (C=O) groups excluding carboxylic acids is 2. The Balaban J connectivity index is 1.38. The monoisotopic (exact) mass is 618 g/mol. The largest absolute Gasteiger partial charge is 0.481 e. The maximum Gasteiger partial charge on any atom is 0.481 e. The minimum atomic E-state index is -0.815. The molecule has 1 saturated heterocycles. The number of nitro groups is 1. The van der Waals surface area contributed by atoms with E-state index in [1.54, 1.807) is 16.8 Å². The first-order valence-corrected chi connectivity index (χ1v) is 16.4. The smallest absolute Gasteiger partial charge is 0.404 e. The number of hydrogen-bond donors (Lipinski definition) is 5. The summed E-state index contributed by atoms with van der Waals surface area (Å²) < 4.78 is 13.2. The van der Waals surface area contributed by atoms with E-state index >= 15 is 0 Å². The van der Waals surface area contributed by atoms with Crippen LogP contribution < -0.4 is 21.4 Å². The molecule has 3 saturated carbocycles. The number of aryl methyl sites for hydroxylation is 1. The fraction of sp³-hybridized carbons (Fsp3) is 0.759. The quantitative estimate of drug-likeness (QED) is 0.0498. The van der Waals surface area contributed by atoms with Gasteiger partial charge in [0.2, 0.25) is 11.8 Å². The van der Waals surface area contributed by atoms with Crippen molar-refractivity contribution in [1.29, 1.82) is 5.41 Å². The molecule has 1 aromatic rings. The van der Waals surface area contributed by atoms with Crippen molar-refractivity contribution in [2.45, 2.75) is 110 Å². The van der Waals surface area contributed by atoms with Crippen molar-refractivity contribution in [1.82, 2.24) is 21.4 Å². The summed E-state index contributed by atoms with van der Waals surface area (Å²) in [4.78, 5) is 38.4. The van der Waals surface area contributed by atoms with Crippen molar-refractivity contribution in [2.75, 3.05) is 6.54 Å². The molecule has 2 heterocycles. The highest BCUT2D eigenvalue weighted by atomic mass is 32.1. The molecule has 2 bridgehead atoms. The summed E-state index contributed by atoms with van der Waals surface area (Å²) in [5, 5.41) is 28.0.